The van der Waals surface area contributed by atoms with Gasteiger partial charge in [0.15, 0.2) is 11.5 Å². The highest BCUT2D eigenvalue weighted by Gasteiger charge is 2.15. The van der Waals surface area contributed by atoms with Crippen molar-refractivity contribution in [1.29, 1.82) is 0 Å². The van der Waals surface area contributed by atoms with E-state index in [1.54, 1.807) is 6.07 Å². The molecule has 0 unspecified atom stereocenters. The zero-order valence-corrected chi connectivity index (χ0v) is 12.7. The molecule has 1 aliphatic heterocycles. The summed E-state index contributed by atoms with van der Waals surface area (Å²) in [4.78, 5) is 0. The number of nitrogen functional groups attached to an aromatic ring is 1. The molecular formula is C15H15BrN2O2. The fraction of sp³-hybridized carbons (Fsp3) is 0.200. The van der Waals surface area contributed by atoms with Crippen LogP contribution in [0.4, 0.5) is 17.1 Å². The first kappa shape index (κ1) is 13.1. The molecule has 4 nitrogen and oxygen atoms in total. The molecule has 0 saturated carbocycles. The average Bonchev–Trinajstić information content (AvgIpc) is 2.44. The molecule has 5 heteroatoms. The van der Waals surface area contributed by atoms with E-state index in [1.807, 2.05) is 31.2 Å². The minimum absolute atomic E-state index is 0.558. The van der Waals surface area contributed by atoms with Gasteiger partial charge in [-0.25, -0.2) is 0 Å². The fourth-order valence-electron chi connectivity index (χ4n) is 2.10. The molecule has 0 aromatic heterocycles. The molecule has 20 heavy (non-hydrogen) atoms. The van der Waals surface area contributed by atoms with E-state index in [4.69, 9.17) is 15.2 Å². The zero-order chi connectivity index (χ0) is 14.1. The summed E-state index contributed by atoms with van der Waals surface area (Å²) in [6.45, 7) is 3.16. The van der Waals surface area contributed by atoms with Gasteiger partial charge in [0.2, 0.25) is 0 Å². The summed E-state index contributed by atoms with van der Waals surface area (Å²) in [7, 11) is 0. The molecule has 0 radical (unpaired) electrons. The van der Waals surface area contributed by atoms with Gasteiger partial charge in [-0.05, 0) is 34.5 Å². The normalized spacial score (nSPS) is 13.1. The second-order valence-corrected chi connectivity index (χ2v) is 5.44. The molecule has 2 aromatic carbocycles. The van der Waals surface area contributed by atoms with Crippen LogP contribution in [0, 0.1) is 6.92 Å². The summed E-state index contributed by atoms with van der Waals surface area (Å²) < 4.78 is 12.1. The van der Waals surface area contributed by atoms with Gasteiger partial charge in [0.05, 0.1) is 17.1 Å². The average molecular weight is 335 g/mol. The highest BCUT2D eigenvalue weighted by Crippen LogP contribution is 2.39. The molecule has 1 heterocycles. The Morgan fingerprint density at radius 3 is 2.55 bits per heavy atom. The van der Waals surface area contributed by atoms with Gasteiger partial charge in [0, 0.05) is 16.6 Å². The monoisotopic (exact) mass is 334 g/mol. The third kappa shape index (κ3) is 2.41. The molecule has 0 fully saturated rings. The van der Waals surface area contributed by atoms with Crippen molar-refractivity contribution in [2.24, 2.45) is 0 Å². The van der Waals surface area contributed by atoms with Gasteiger partial charge in [0.1, 0.15) is 13.2 Å². The van der Waals surface area contributed by atoms with Crippen molar-refractivity contribution in [1.82, 2.24) is 0 Å². The van der Waals surface area contributed by atoms with Crippen LogP contribution in [0.3, 0.4) is 0 Å². The Balaban J connectivity index is 1.96. The molecule has 104 valence electrons. The largest absolute Gasteiger partial charge is 0.486 e. The quantitative estimate of drug-likeness (QED) is 0.819. The number of halogens is 1. The molecule has 0 amide bonds. The van der Waals surface area contributed by atoms with Crippen molar-refractivity contribution >= 4 is 33.0 Å². The van der Waals surface area contributed by atoms with E-state index in [0.29, 0.717) is 24.7 Å². The Bertz CT molecular complexity index is 659. The summed E-state index contributed by atoms with van der Waals surface area (Å²) >= 11 is 3.58. The molecule has 3 rings (SSSR count). The third-order valence-corrected chi connectivity index (χ3v) is 4.23. The number of hydrogen-bond donors (Lipinski definition) is 2. The molecule has 2 aromatic rings. The predicted molar refractivity (Wildman–Crippen MR) is 84.0 cm³/mol. The maximum atomic E-state index is 6.07. The van der Waals surface area contributed by atoms with Crippen LogP contribution >= 0.6 is 15.9 Å². The fourth-order valence-corrected chi connectivity index (χ4v) is 2.47. The van der Waals surface area contributed by atoms with Gasteiger partial charge < -0.3 is 20.5 Å². The SMILES string of the molecule is Cc1cccc(Nc2cc3c(cc2N)OCCO3)c1Br. The highest BCUT2D eigenvalue weighted by atomic mass is 79.9. The smallest absolute Gasteiger partial charge is 0.163 e. The minimum atomic E-state index is 0.558. The molecule has 0 aliphatic carbocycles. The second-order valence-electron chi connectivity index (χ2n) is 4.64. The zero-order valence-electron chi connectivity index (χ0n) is 11.1. The number of fused-ring (bicyclic) bond motifs is 1. The van der Waals surface area contributed by atoms with Crippen LogP contribution in [0.2, 0.25) is 0 Å². The Morgan fingerprint density at radius 1 is 1.10 bits per heavy atom. The van der Waals surface area contributed by atoms with E-state index in [-0.39, 0.29) is 0 Å². The number of rotatable bonds is 2. The van der Waals surface area contributed by atoms with Crippen molar-refractivity contribution in [2.75, 3.05) is 24.3 Å². The van der Waals surface area contributed by atoms with Crippen molar-refractivity contribution in [3.05, 3.63) is 40.4 Å². The lowest BCUT2D eigenvalue weighted by Crippen LogP contribution is -2.15. The third-order valence-electron chi connectivity index (χ3n) is 3.18. The Morgan fingerprint density at radius 2 is 1.80 bits per heavy atom. The van der Waals surface area contributed by atoms with E-state index in [0.717, 1.165) is 27.2 Å². The minimum Gasteiger partial charge on any atom is -0.486 e. The molecule has 3 N–H and O–H groups in total. The first-order valence-corrected chi connectivity index (χ1v) is 7.15. The Kier molecular flexibility index (Phi) is 3.44. The first-order chi connectivity index (χ1) is 9.65. The molecule has 0 spiro atoms. The summed E-state index contributed by atoms with van der Waals surface area (Å²) in [5.41, 5.74) is 9.63. The number of ether oxygens (including phenoxy) is 2. The van der Waals surface area contributed by atoms with Crippen LogP contribution in [0.5, 0.6) is 11.5 Å². The van der Waals surface area contributed by atoms with Gasteiger partial charge in [-0.3, -0.25) is 0 Å². The first-order valence-electron chi connectivity index (χ1n) is 6.36. The van der Waals surface area contributed by atoms with Crippen molar-refractivity contribution < 1.29 is 9.47 Å². The van der Waals surface area contributed by atoms with E-state index in [1.165, 1.54) is 0 Å². The van der Waals surface area contributed by atoms with Gasteiger partial charge >= 0.3 is 0 Å². The van der Waals surface area contributed by atoms with Crippen LogP contribution < -0.4 is 20.5 Å². The summed E-state index contributed by atoms with van der Waals surface area (Å²) in [5.74, 6) is 1.42. The number of aryl methyl sites for hydroxylation is 1. The number of benzene rings is 2. The van der Waals surface area contributed by atoms with Crippen molar-refractivity contribution in [2.45, 2.75) is 6.92 Å². The highest BCUT2D eigenvalue weighted by molar-refractivity contribution is 9.10. The van der Waals surface area contributed by atoms with Gasteiger partial charge in [-0.2, -0.15) is 0 Å². The van der Waals surface area contributed by atoms with E-state index in [2.05, 4.69) is 21.2 Å². The molecule has 1 aliphatic rings. The maximum Gasteiger partial charge on any atom is 0.163 e. The van der Waals surface area contributed by atoms with E-state index < -0.39 is 0 Å². The van der Waals surface area contributed by atoms with Crippen LogP contribution in [-0.2, 0) is 0 Å². The molecule has 0 bridgehead atoms. The van der Waals surface area contributed by atoms with Crippen LogP contribution in [0.1, 0.15) is 5.56 Å². The van der Waals surface area contributed by atoms with Crippen molar-refractivity contribution in [3.8, 4) is 11.5 Å². The van der Waals surface area contributed by atoms with E-state index >= 15 is 0 Å². The lowest BCUT2D eigenvalue weighted by molar-refractivity contribution is 0.172. The summed E-state index contributed by atoms with van der Waals surface area (Å²) in [5, 5.41) is 3.32. The maximum absolute atomic E-state index is 6.07. The van der Waals surface area contributed by atoms with E-state index in [9.17, 15) is 0 Å². The lowest BCUT2D eigenvalue weighted by Gasteiger charge is -2.21. The molecule has 0 atom stereocenters. The summed E-state index contributed by atoms with van der Waals surface area (Å²) in [6, 6.07) is 9.70. The number of hydrogen-bond acceptors (Lipinski definition) is 4. The lowest BCUT2D eigenvalue weighted by atomic mass is 10.2. The molecule has 0 saturated heterocycles. The number of nitrogens with two attached hydrogens (primary N) is 1. The van der Waals surface area contributed by atoms with Crippen LogP contribution in [-0.4, -0.2) is 13.2 Å². The molecular weight excluding hydrogens is 320 g/mol. The second kappa shape index (κ2) is 5.25. The van der Waals surface area contributed by atoms with Gasteiger partial charge in [0.25, 0.3) is 0 Å². The number of anilines is 3. The van der Waals surface area contributed by atoms with Gasteiger partial charge in [-0.1, -0.05) is 12.1 Å². The van der Waals surface area contributed by atoms with Crippen LogP contribution in [0.15, 0.2) is 34.8 Å². The predicted octanol–water partition coefficient (Wildman–Crippen LogP) is 3.85. The Labute approximate surface area is 126 Å². The van der Waals surface area contributed by atoms with Crippen LogP contribution in [0.25, 0.3) is 0 Å². The van der Waals surface area contributed by atoms with Gasteiger partial charge in [-0.15, -0.1) is 0 Å². The topological polar surface area (TPSA) is 56.5 Å². The Hall–Kier alpha value is -1.88. The standard InChI is InChI=1S/C15H15BrN2O2/c1-9-3-2-4-11(15(9)16)18-12-8-14-13(7-10(12)17)19-5-6-20-14/h2-4,7-8,18H,5-6,17H2,1H3. The number of nitrogens with one attached hydrogen (secondary N) is 1. The van der Waals surface area contributed by atoms with Crippen molar-refractivity contribution in [3.63, 3.8) is 0 Å². The summed E-state index contributed by atoms with van der Waals surface area (Å²) in [6.07, 6.45) is 0.